The second-order valence-corrected chi connectivity index (χ2v) is 10.4. The van der Waals surface area contributed by atoms with Gasteiger partial charge in [0, 0.05) is 22.1 Å². The fourth-order valence-corrected chi connectivity index (χ4v) is 5.68. The lowest BCUT2D eigenvalue weighted by Crippen LogP contribution is -2.42. The Bertz CT molecular complexity index is 1310. The molecule has 8 heteroatoms. The van der Waals surface area contributed by atoms with Crippen LogP contribution in [0.15, 0.2) is 89.3 Å². The number of anilines is 1. The van der Waals surface area contributed by atoms with Gasteiger partial charge in [-0.25, -0.2) is 0 Å². The number of nitrogens with zero attached hydrogens (tertiary/aromatic N) is 1. The topological polar surface area (TPSA) is 29.5 Å². The first-order valence-electron chi connectivity index (χ1n) is 11.5. The number of carbonyl (C=O) groups excluding carboxylic acids is 1. The van der Waals surface area contributed by atoms with Crippen LogP contribution in [0.2, 0.25) is 0 Å². The molecular weight excluding hydrogens is 503 g/mol. The van der Waals surface area contributed by atoms with Crippen LogP contribution in [0, 0.1) is 11.8 Å². The van der Waals surface area contributed by atoms with E-state index in [0.29, 0.717) is 39.7 Å². The van der Waals surface area contributed by atoms with Crippen molar-refractivity contribution in [1.82, 2.24) is 0 Å². The maximum absolute atomic E-state index is 13.7. The SMILES string of the molecule is O=C1/C(=C/c2cccc(SC(F)(F)F)c2)CC2CCC2C(=S)N1c1ccc(Oc2ccccc2)cc1. The fourth-order valence-electron chi connectivity index (χ4n) is 4.57. The Morgan fingerprint density at radius 1 is 0.944 bits per heavy atom. The second-order valence-electron chi connectivity index (χ2n) is 8.83. The summed E-state index contributed by atoms with van der Waals surface area (Å²) < 4.78 is 44.4. The van der Waals surface area contributed by atoms with E-state index in [1.54, 1.807) is 47.4 Å². The Balaban J connectivity index is 1.43. The van der Waals surface area contributed by atoms with Gasteiger partial charge >= 0.3 is 5.51 Å². The summed E-state index contributed by atoms with van der Waals surface area (Å²) in [5, 5.41) is 0. The first-order valence-corrected chi connectivity index (χ1v) is 12.8. The summed E-state index contributed by atoms with van der Waals surface area (Å²) in [4.78, 5) is 16.0. The Labute approximate surface area is 217 Å². The minimum absolute atomic E-state index is 0.0841. The van der Waals surface area contributed by atoms with Crippen molar-refractivity contribution >= 4 is 46.6 Å². The molecule has 1 aliphatic heterocycles. The van der Waals surface area contributed by atoms with E-state index in [0.717, 1.165) is 12.8 Å². The lowest BCUT2D eigenvalue weighted by Gasteiger charge is -2.37. The van der Waals surface area contributed by atoms with E-state index in [9.17, 15) is 18.0 Å². The average Bonchev–Trinajstić information content (AvgIpc) is 2.87. The molecule has 1 heterocycles. The Morgan fingerprint density at radius 3 is 2.33 bits per heavy atom. The molecule has 184 valence electrons. The largest absolute Gasteiger partial charge is 0.457 e. The smallest absolute Gasteiger partial charge is 0.446 e. The number of carbonyl (C=O) groups is 1. The molecule has 1 saturated carbocycles. The predicted octanol–water partition coefficient (Wildman–Crippen LogP) is 8.26. The first kappa shape index (κ1) is 24.6. The zero-order chi connectivity index (χ0) is 25.3. The summed E-state index contributed by atoms with van der Waals surface area (Å²) in [6, 6.07) is 22.8. The number of alkyl halides is 3. The average molecular weight is 526 g/mol. The molecule has 0 radical (unpaired) electrons. The summed E-state index contributed by atoms with van der Waals surface area (Å²) in [7, 11) is 0. The van der Waals surface area contributed by atoms with E-state index in [4.69, 9.17) is 17.0 Å². The summed E-state index contributed by atoms with van der Waals surface area (Å²) >= 11 is 5.61. The van der Waals surface area contributed by atoms with Gasteiger partial charge < -0.3 is 4.74 Å². The number of halogens is 3. The molecule has 0 N–H and O–H groups in total. The molecule has 3 aromatic carbocycles. The van der Waals surface area contributed by atoms with Crippen LogP contribution in [0.5, 0.6) is 11.5 Å². The number of thioether (sulfide) groups is 1. The number of thiocarbonyl (C=S) groups is 1. The van der Waals surface area contributed by atoms with E-state index in [1.807, 2.05) is 30.3 Å². The highest BCUT2D eigenvalue weighted by molar-refractivity contribution is 8.00. The molecule has 36 heavy (non-hydrogen) atoms. The van der Waals surface area contributed by atoms with Crippen LogP contribution in [-0.4, -0.2) is 16.4 Å². The van der Waals surface area contributed by atoms with Gasteiger partial charge in [-0.05, 0) is 97.1 Å². The van der Waals surface area contributed by atoms with Gasteiger partial charge in [-0.1, -0.05) is 42.5 Å². The second kappa shape index (κ2) is 10.1. The van der Waals surface area contributed by atoms with Crippen molar-refractivity contribution < 1.29 is 22.7 Å². The van der Waals surface area contributed by atoms with Gasteiger partial charge in [-0.15, -0.1) is 0 Å². The number of hydrogen-bond donors (Lipinski definition) is 0. The molecule has 2 atom stereocenters. The van der Waals surface area contributed by atoms with Crippen LogP contribution in [0.3, 0.4) is 0 Å². The lowest BCUT2D eigenvalue weighted by molar-refractivity contribution is -0.114. The molecule has 0 spiro atoms. The van der Waals surface area contributed by atoms with Gasteiger partial charge in [0.1, 0.15) is 11.5 Å². The quantitative estimate of drug-likeness (QED) is 0.191. The molecule has 3 nitrogen and oxygen atoms in total. The van der Waals surface area contributed by atoms with Crippen LogP contribution in [0.25, 0.3) is 6.08 Å². The van der Waals surface area contributed by atoms with Gasteiger partial charge in [-0.2, -0.15) is 13.2 Å². The molecule has 5 rings (SSSR count). The number of benzene rings is 3. The number of rotatable bonds is 5. The summed E-state index contributed by atoms with van der Waals surface area (Å²) in [5.74, 6) is 1.49. The normalized spacial score (nSPS) is 21.1. The zero-order valence-electron chi connectivity index (χ0n) is 19.1. The van der Waals surface area contributed by atoms with Crippen molar-refractivity contribution in [2.24, 2.45) is 11.8 Å². The molecule has 2 aliphatic rings. The number of amides is 1. The highest BCUT2D eigenvalue weighted by atomic mass is 32.2. The highest BCUT2D eigenvalue weighted by Crippen LogP contribution is 2.45. The lowest BCUT2D eigenvalue weighted by atomic mass is 9.71. The van der Waals surface area contributed by atoms with Crippen molar-refractivity contribution in [2.45, 2.75) is 29.7 Å². The van der Waals surface area contributed by atoms with Crippen molar-refractivity contribution in [3.8, 4) is 11.5 Å². The van der Waals surface area contributed by atoms with Crippen molar-refractivity contribution in [3.63, 3.8) is 0 Å². The Kier molecular flexibility index (Phi) is 6.90. The standard InChI is InChI=1S/C28H22F3NO2S2/c29-28(30,31)36-24-8-4-5-18(16-24)15-20-17-19-9-14-25(19)27(35)32(26(20)33)21-10-12-23(13-11-21)34-22-6-2-1-3-7-22/h1-8,10-13,15-16,19,25H,9,14,17H2/b20-15+. The minimum Gasteiger partial charge on any atom is -0.457 e. The molecule has 1 saturated heterocycles. The molecule has 1 aliphatic carbocycles. The predicted molar refractivity (Wildman–Crippen MR) is 140 cm³/mol. The summed E-state index contributed by atoms with van der Waals surface area (Å²) in [6.45, 7) is 0. The van der Waals surface area contributed by atoms with E-state index >= 15 is 0 Å². The molecule has 1 amide bonds. The number of ether oxygens (including phenoxy) is 1. The van der Waals surface area contributed by atoms with Crippen LogP contribution in [-0.2, 0) is 4.79 Å². The number of fused-ring (bicyclic) bond motifs is 1. The van der Waals surface area contributed by atoms with E-state index in [-0.39, 0.29) is 34.4 Å². The maximum Gasteiger partial charge on any atom is 0.446 e. The van der Waals surface area contributed by atoms with Crippen molar-refractivity contribution in [1.29, 1.82) is 0 Å². The van der Waals surface area contributed by atoms with Crippen LogP contribution in [0.1, 0.15) is 24.8 Å². The van der Waals surface area contributed by atoms with E-state index < -0.39 is 5.51 Å². The highest BCUT2D eigenvalue weighted by Gasteiger charge is 2.43. The van der Waals surface area contributed by atoms with Gasteiger partial charge in [0.2, 0.25) is 0 Å². The van der Waals surface area contributed by atoms with E-state index in [2.05, 4.69) is 0 Å². The zero-order valence-corrected chi connectivity index (χ0v) is 20.7. The summed E-state index contributed by atoms with van der Waals surface area (Å²) in [6.07, 6.45) is 4.14. The molecule has 2 unspecified atom stereocenters. The minimum atomic E-state index is -4.37. The molecule has 0 aromatic heterocycles. The summed E-state index contributed by atoms with van der Waals surface area (Å²) in [5.41, 5.74) is -2.63. The van der Waals surface area contributed by atoms with Crippen molar-refractivity contribution in [3.05, 3.63) is 90.0 Å². The Hall–Kier alpha value is -3.10. The van der Waals surface area contributed by atoms with Crippen LogP contribution < -0.4 is 9.64 Å². The first-order chi connectivity index (χ1) is 17.3. The molecule has 0 bridgehead atoms. The monoisotopic (exact) mass is 525 g/mol. The van der Waals surface area contributed by atoms with Gasteiger partial charge in [-0.3, -0.25) is 9.69 Å². The van der Waals surface area contributed by atoms with Gasteiger partial charge in [0.15, 0.2) is 0 Å². The molecular formula is C28H22F3NO2S2. The Morgan fingerprint density at radius 2 is 1.67 bits per heavy atom. The van der Waals surface area contributed by atoms with E-state index in [1.165, 1.54) is 12.1 Å². The van der Waals surface area contributed by atoms with Gasteiger partial charge in [0.05, 0.1) is 4.99 Å². The maximum atomic E-state index is 13.7. The molecule has 3 aromatic rings. The number of hydrogen-bond acceptors (Lipinski definition) is 4. The molecule has 2 fully saturated rings. The fraction of sp³-hybridized carbons (Fsp3) is 0.214. The van der Waals surface area contributed by atoms with Crippen LogP contribution >= 0.6 is 24.0 Å². The third-order valence-corrected chi connectivity index (χ3v) is 7.63. The third-order valence-electron chi connectivity index (χ3n) is 6.42. The van der Waals surface area contributed by atoms with Crippen LogP contribution in [0.4, 0.5) is 18.9 Å². The van der Waals surface area contributed by atoms with Gasteiger partial charge in [0.25, 0.3) is 5.91 Å². The third kappa shape index (κ3) is 5.50. The number of para-hydroxylation sites is 1. The van der Waals surface area contributed by atoms with Crippen molar-refractivity contribution in [2.75, 3.05) is 4.90 Å².